The van der Waals surface area contributed by atoms with Crippen LogP contribution in [-0.4, -0.2) is 20.2 Å². The van der Waals surface area contributed by atoms with Gasteiger partial charge in [-0.15, -0.1) is 0 Å². The third kappa shape index (κ3) is 6.39. The zero-order valence-corrected chi connectivity index (χ0v) is 18.0. The van der Waals surface area contributed by atoms with Crippen LogP contribution in [-0.2, 0) is 19.6 Å². The standard InChI is InChI=1S/C23H22FN3O4S/c1-16(28)25-22(17-5-3-2-4-6-17)15-23(29)26-19-9-11-20(12-10-19)27-32(30,31)21-13-7-18(24)8-14-21/h2-14,22,27H,15H2,1H3,(H,25,28)(H,26,29)/t22-/m0/s1. The van der Waals surface area contributed by atoms with Crippen molar-refractivity contribution in [2.75, 3.05) is 10.0 Å². The molecule has 9 heteroatoms. The molecule has 32 heavy (non-hydrogen) atoms. The van der Waals surface area contributed by atoms with Gasteiger partial charge in [-0.3, -0.25) is 14.3 Å². The van der Waals surface area contributed by atoms with Crippen molar-refractivity contribution < 1.29 is 22.4 Å². The van der Waals surface area contributed by atoms with Crippen molar-refractivity contribution in [2.24, 2.45) is 0 Å². The molecule has 0 bridgehead atoms. The molecule has 2 amide bonds. The Morgan fingerprint density at radius 3 is 2.06 bits per heavy atom. The quantitative estimate of drug-likeness (QED) is 0.480. The number of sulfonamides is 1. The van der Waals surface area contributed by atoms with Gasteiger partial charge in [-0.2, -0.15) is 0 Å². The highest BCUT2D eigenvalue weighted by Gasteiger charge is 2.17. The van der Waals surface area contributed by atoms with E-state index in [0.717, 1.165) is 17.7 Å². The molecular weight excluding hydrogens is 433 g/mol. The van der Waals surface area contributed by atoms with Gasteiger partial charge < -0.3 is 10.6 Å². The molecule has 0 heterocycles. The van der Waals surface area contributed by atoms with Crippen LogP contribution >= 0.6 is 0 Å². The van der Waals surface area contributed by atoms with E-state index >= 15 is 0 Å². The van der Waals surface area contributed by atoms with Crippen molar-refractivity contribution in [2.45, 2.75) is 24.3 Å². The van der Waals surface area contributed by atoms with Crippen LogP contribution in [0.5, 0.6) is 0 Å². The van der Waals surface area contributed by atoms with Crippen LogP contribution in [0.3, 0.4) is 0 Å². The van der Waals surface area contributed by atoms with Crippen molar-refractivity contribution in [3.63, 3.8) is 0 Å². The molecule has 0 saturated heterocycles. The van der Waals surface area contributed by atoms with Crippen LogP contribution in [0.4, 0.5) is 15.8 Å². The number of benzene rings is 3. The van der Waals surface area contributed by atoms with Crippen molar-refractivity contribution in [3.8, 4) is 0 Å². The Bertz CT molecular complexity index is 1180. The summed E-state index contributed by atoms with van der Waals surface area (Å²) in [5, 5.41) is 5.50. The first-order valence-corrected chi connectivity index (χ1v) is 11.2. The highest BCUT2D eigenvalue weighted by atomic mass is 32.2. The summed E-state index contributed by atoms with van der Waals surface area (Å²) in [5.41, 5.74) is 1.56. The second-order valence-corrected chi connectivity index (χ2v) is 8.74. The molecular formula is C23H22FN3O4S. The van der Waals surface area contributed by atoms with Gasteiger partial charge >= 0.3 is 0 Å². The Balaban J connectivity index is 1.63. The normalized spacial score (nSPS) is 11.9. The zero-order valence-electron chi connectivity index (χ0n) is 17.2. The molecule has 3 aromatic rings. The summed E-state index contributed by atoms with van der Waals surface area (Å²) in [6, 6.07) is 19.3. The van der Waals surface area contributed by atoms with Crippen LogP contribution in [0.15, 0.2) is 83.8 Å². The van der Waals surface area contributed by atoms with E-state index in [0.29, 0.717) is 5.69 Å². The number of hydrogen-bond acceptors (Lipinski definition) is 4. The number of nitrogens with one attached hydrogen (secondary N) is 3. The summed E-state index contributed by atoms with van der Waals surface area (Å²) < 4.78 is 40.2. The lowest BCUT2D eigenvalue weighted by molar-refractivity contribution is -0.120. The molecule has 0 aliphatic rings. The van der Waals surface area contributed by atoms with E-state index in [1.807, 2.05) is 30.3 Å². The average molecular weight is 456 g/mol. The second kappa shape index (κ2) is 10.1. The molecule has 0 saturated carbocycles. The average Bonchev–Trinajstić information content (AvgIpc) is 2.75. The van der Waals surface area contributed by atoms with Gasteiger partial charge in [0.15, 0.2) is 0 Å². The van der Waals surface area contributed by atoms with Gasteiger partial charge in [0.1, 0.15) is 5.82 Å². The monoisotopic (exact) mass is 455 g/mol. The Kier molecular flexibility index (Phi) is 7.21. The van der Waals surface area contributed by atoms with Crippen molar-refractivity contribution in [1.82, 2.24) is 5.32 Å². The first-order valence-electron chi connectivity index (χ1n) is 9.73. The maximum atomic E-state index is 13.0. The molecule has 0 radical (unpaired) electrons. The Morgan fingerprint density at radius 1 is 0.875 bits per heavy atom. The third-order valence-electron chi connectivity index (χ3n) is 4.51. The van der Waals surface area contributed by atoms with Gasteiger partial charge in [0.25, 0.3) is 10.0 Å². The minimum atomic E-state index is -3.87. The van der Waals surface area contributed by atoms with E-state index in [2.05, 4.69) is 15.4 Å². The summed E-state index contributed by atoms with van der Waals surface area (Å²) >= 11 is 0. The number of rotatable bonds is 8. The number of amides is 2. The smallest absolute Gasteiger partial charge is 0.261 e. The van der Waals surface area contributed by atoms with E-state index < -0.39 is 21.9 Å². The third-order valence-corrected chi connectivity index (χ3v) is 5.91. The lowest BCUT2D eigenvalue weighted by Gasteiger charge is -2.18. The lowest BCUT2D eigenvalue weighted by Crippen LogP contribution is -2.29. The van der Waals surface area contributed by atoms with Crippen molar-refractivity contribution in [3.05, 3.63) is 90.2 Å². The minimum Gasteiger partial charge on any atom is -0.349 e. The topological polar surface area (TPSA) is 104 Å². The highest BCUT2D eigenvalue weighted by molar-refractivity contribution is 7.92. The summed E-state index contributed by atoms with van der Waals surface area (Å²) in [6.07, 6.45) is 0.0303. The molecule has 1 atom stereocenters. The lowest BCUT2D eigenvalue weighted by atomic mass is 10.0. The van der Waals surface area contributed by atoms with E-state index in [9.17, 15) is 22.4 Å². The largest absolute Gasteiger partial charge is 0.349 e. The minimum absolute atomic E-state index is 0.0303. The Labute approximate surface area is 185 Å². The second-order valence-electron chi connectivity index (χ2n) is 7.05. The van der Waals surface area contributed by atoms with Gasteiger partial charge in [0.2, 0.25) is 11.8 Å². The zero-order chi connectivity index (χ0) is 23.1. The fraction of sp³-hybridized carbons (Fsp3) is 0.130. The first-order chi connectivity index (χ1) is 15.2. The predicted molar refractivity (Wildman–Crippen MR) is 120 cm³/mol. The van der Waals surface area contributed by atoms with Gasteiger partial charge in [-0.1, -0.05) is 30.3 Å². The molecule has 0 fully saturated rings. The van der Waals surface area contributed by atoms with Crippen LogP contribution in [0.2, 0.25) is 0 Å². The fourth-order valence-corrected chi connectivity index (χ4v) is 4.09. The summed E-state index contributed by atoms with van der Waals surface area (Å²) in [6.45, 7) is 1.39. The van der Waals surface area contributed by atoms with Gasteiger partial charge in [0.05, 0.1) is 17.4 Å². The first kappa shape index (κ1) is 23.0. The van der Waals surface area contributed by atoms with Gasteiger partial charge in [-0.05, 0) is 54.1 Å². The maximum absolute atomic E-state index is 13.0. The Morgan fingerprint density at radius 2 is 1.47 bits per heavy atom. The molecule has 0 aliphatic carbocycles. The summed E-state index contributed by atoms with van der Waals surface area (Å²) in [5.74, 6) is -1.09. The van der Waals surface area contributed by atoms with E-state index in [1.54, 1.807) is 12.1 Å². The van der Waals surface area contributed by atoms with E-state index in [1.165, 1.54) is 31.2 Å². The number of carbonyl (C=O) groups is 2. The number of anilines is 2. The van der Waals surface area contributed by atoms with Crippen molar-refractivity contribution in [1.29, 1.82) is 0 Å². The SMILES string of the molecule is CC(=O)N[C@@H](CC(=O)Nc1ccc(NS(=O)(=O)c2ccc(F)cc2)cc1)c1ccccc1. The maximum Gasteiger partial charge on any atom is 0.261 e. The molecule has 0 unspecified atom stereocenters. The molecule has 7 nitrogen and oxygen atoms in total. The van der Waals surface area contributed by atoms with E-state index in [4.69, 9.17) is 0 Å². The van der Waals surface area contributed by atoms with Crippen LogP contribution in [0.1, 0.15) is 24.9 Å². The van der Waals surface area contributed by atoms with Gasteiger partial charge in [-0.25, -0.2) is 12.8 Å². The highest BCUT2D eigenvalue weighted by Crippen LogP contribution is 2.21. The molecule has 0 aliphatic heterocycles. The predicted octanol–water partition coefficient (Wildman–Crippen LogP) is 3.83. The van der Waals surface area contributed by atoms with E-state index in [-0.39, 0.29) is 28.8 Å². The molecule has 3 aromatic carbocycles. The fourth-order valence-electron chi connectivity index (χ4n) is 3.03. The van der Waals surface area contributed by atoms with Crippen LogP contribution in [0, 0.1) is 5.82 Å². The van der Waals surface area contributed by atoms with Crippen LogP contribution < -0.4 is 15.4 Å². The van der Waals surface area contributed by atoms with Crippen LogP contribution in [0.25, 0.3) is 0 Å². The van der Waals surface area contributed by atoms with Crippen molar-refractivity contribution >= 4 is 33.2 Å². The van der Waals surface area contributed by atoms with Gasteiger partial charge in [0, 0.05) is 18.3 Å². The summed E-state index contributed by atoms with van der Waals surface area (Å²) in [7, 11) is -3.87. The summed E-state index contributed by atoms with van der Waals surface area (Å²) in [4.78, 5) is 24.0. The number of carbonyl (C=O) groups excluding carboxylic acids is 2. The number of hydrogen-bond donors (Lipinski definition) is 3. The molecule has 0 spiro atoms. The molecule has 166 valence electrons. The Hall–Kier alpha value is -3.72. The number of halogens is 1. The molecule has 3 N–H and O–H groups in total. The molecule has 3 rings (SSSR count). The molecule has 0 aromatic heterocycles.